The maximum atomic E-state index is 5.93. The second kappa shape index (κ2) is 11.1. The van der Waals surface area contributed by atoms with Crippen LogP contribution < -0.4 is 5.32 Å². The van der Waals surface area contributed by atoms with Crippen molar-refractivity contribution in [3.8, 4) is 0 Å². The summed E-state index contributed by atoms with van der Waals surface area (Å²) in [5.74, 6) is 1.61. The first kappa shape index (κ1) is 21.5. The van der Waals surface area contributed by atoms with E-state index in [-0.39, 0.29) is 24.0 Å². The molecule has 1 atom stereocenters. The molecule has 1 N–H and O–H groups in total. The molecular formula is C19H34IN5O. The molecule has 1 aromatic rings. The van der Waals surface area contributed by atoms with Crippen molar-refractivity contribution < 1.29 is 4.74 Å². The fourth-order valence-electron chi connectivity index (χ4n) is 3.86. The minimum absolute atomic E-state index is 0. The van der Waals surface area contributed by atoms with Crippen LogP contribution in [0.15, 0.2) is 17.4 Å². The molecule has 0 spiro atoms. The number of aromatic nitrogens is 2. The summed E-state index contributed by atoms with van der Waals surface area (Å²) in [7, 11) is 1.98. The molecular weight excluding hydrogens is 441 g/mol. The van der Waals surface area contributed by atoms with Crippen molar-refractivity contribution in [1.29, 1.82) is 0 Å². The lowest BCUT2D eigenvalue weighted by Crippen LogP contribution is -2.40. The van der Waals surface area contributed by atoms with Gasteiger partial charge in [0.05, 0.1) is 12.3 Å². The number of aliphatic imine (C=N–C) groups is 1. The fourth-order valence-corrected chi connectivity index (χ4v) is 3.86. The number of nitrogens with zero attached hydrogens (tertiary/aromatic N) is 4. The zero-order valence-electron chi connectivity index (χ0n) is 16.2. The number of rotatable bonds is 7. The van der Waals surface area contributed by atoms with E-state index in [1.165, 1.54) is 37.7 Å². The van der Waals surface area contributed by atoms with Crippen molar-refractivity contribution in [1.82, 2.24) is 20.0 Å². The third kappa shape index (κ3) is 6.11. The lowest BCUT2D eigenvalue weighted by Gasteiger charge is -2.21. The molecule has 0 amide bonds. The molecule has 1 saturated carbocycles. The molecule has 26 heavy (non-hydrogen) atoms. The van der Waals surface area contributed by atoms with Gasteiger partial charge in [-0.15, -0.1) is 24.0 Å². The molecule has 0 radical (unpaired) electrons. The second-order valence-corrected chi connectivity index (χ2v) is 7.25. The number of likely N-dealkylation sites (tertiary alicyclic amines) is 1. The summed E-state index contributed by atoms with van der Waals surface area (Å²) in [5.41, 5.74) is 1.34. The Morgan fingerprint density at radius 1 is 1.35 bits per heavy atom. The van der Waals surface area contributed by atoms with Crippen molar-refractivity contribution in [3.05, 3.63) is 18.0 Å². The van der Waals surface area contributed by atoms with Gasteiger partial charge in [-0.2, -0.15) is 5.10 Å². The van der Waals surface area contributed by atoms with Gasteiger partial charge in [0.2, 0.25) is 0 Å². The number of ether oxygens (including phenoxy) is 1. The molecule has 148 valence electrons. The third-order valence-electron chi connectivity index (χ3n) is 5.24. The molecule has 7 heteroatoms. The Hall–Kier alpha value is -0.830. The van der Waals surface area contributed by atoms with E-state index in [4.69, 9.17) is 9.73 Å². The van der Waals surface area contributed by atoms with Gasteiger partial charge in [0, 0.05) is 51.9 Å². The molecule has 1 saturated heterocycles. The standard InChI is InChI=1S/C19H33N5O.HI/c1-3-20-19(21-10-6-12-25-18-7-4-5-8-18)24-11-9-16(15-24)17-13-22-23(2)14-17;/h13-14,16,18H,3-12,15H2,1-2H3,(H,20,21);1H. The SMILES string of the molecule is CCNC(=NCCCOC1CCCC1)N1CCC(c2cnn(C)c2)C1.I. The fraction of sp³-hybridized carbons (Fsp3) is 0.789. The zero-order valence-corrected chi connectivity index (χ0v) is 18.5. The van der Waals surface area contributed by atoms with E-state index < -0.39 is 0 Å². The smallest absolute Gasteiger partial charge is 0.193 e. The second-order valence-electron chi connectivity index (χ2n) is 7.25. The van der Waals surface area contributed by atoms with E-state index in [1.807, 2.05) is 17.9 Å². The predicted molar refractivity (Wildman–Crippen MR) is 116 cm³/mol. The first-order valence-electron chi connectivity index (χ1n) is 9.89. The maximum Gasteiger partial charge on any atom is 0.193 e. The van der Waals surface area contributed by atoms with Gasteiger partial charge in [-0.25, -0.2) is 0 Å². The highest BCUT2D eigenvalue weighted by atomic mass is 127. The van der Waals surface area contributed by atoms with E-state index in [0.29, 0.717) is 12.0 Å². The first-order valence-corrected chi connectivity index (χ1v) is 9.89. The number of aryl methyl sites for hydroxylation is 1. The number of hydrogen-bond acceptors (Lipinski definition) is 3. The Bertz CT molecular complexity index is 556. The van der Waals surface area contributed by atoms with Crippen LogP contribution in [-0.2, 0) is 11.8 Å². The molecule has 2 heterocycles. The Balaban J connectivity index is 0.00000243. The Kier molecular flexibility index (Phi) is 9.18. The minimum Gasteiger partial charge on any atom is -0.378 e. The third-order valence-corrected chi connectivity index (χ3v) is 5.24. The van der Waals surface area contributed by atoms with Crippen LogP contribution in [0.4, 0.5) is 0 Å². The van der Waals surface area contributed by atoms with Crippen LogP contribution in [0, 0.1) is 0 Å². The first-order chi connectivity index (χ1) is 12.3. The zero-order chi connectivity index (χ0) is 17.5. The minimum atomic E-state index is 0. The van der Waals surface area contributed by atoms with Crippen molar-refractivity contribution in [2.24, 2.45) is 12.0 Å². The van der Waals surface area contributed by atoms with Crippen molar-refractivity contribution in [2.45, 2.75) is 57.5 Å². The molecule has 3 rings (SSSR count). The van der Waals surface area contributed by atoms with E-state index in [1.54, 1.807) is 0 Å². The molecule has 1 unspecified atom stereocenters. The van der Waals surface area contributed by atoms with E-state index in [0.717, 1.165) is 45.2 Å². The Labute approximate surface area is 174 Å². The van der Waals surface area contributed by atoms with Crippen LogP contribution >= 0.6 is 24.0 Å². The van der Waals surface area contributed by atoms with Gasteiger partial charge in [-0.05, 0) is 38.2 Å². The molecule has 6 nitrogen and oxygen atoms in total. The molecule has 1 aromatic heterocycles. The van der Waals surface area contributed by atoms with Crippen LogP contribution in [-0.4, -0.2) is 59.5 Å². The molecule has 1 aliphatic carbocycles. The van der Waals surface area contributed by atoms with Crippen LogP contribution in [0.3, 0.4) is 0 Å². The topological polar surface area (TPSA) is 54.7 Å². The highest BCUT2D eigenvalue weighted by molar-refractivity contribution is 14.0. The molecule has 2 fully saturated rings. The van der Waals surface area contributed by atoms with Gasteiger partial charge in [-0.3, -0.25) is 9.67 Å². The number of halogens is 1. The average Bonchev–Trinajstić information content (AvgIpc) is 3.35. The monoisotopic (exact) mass is 475 g/mol. The van der Waals surface area contributed by atoms with E-state index >= 15 is 0 Å². The van der Waals surface area contributed by atoms with Crippen LogP contribution in [0.25, 0.3) is 0 Å². The van der Waals surface area contributed by atoms with Crippen molar-refractivity contribution >= 4 is 29.9 Å². The van der Waals surface area contributed by atoms with Gasteiger partial charge in [0.1, 0.15) is 0 Å². The average molecular weight is 475 g/mol. The number of nitrogens with one attached hydrogen (secondary N) is 1. The summed E-state index contributed by atoms with van der Waals surface area (Å²) in [6.45, 7) is 6.80. The van der Waals surface area contributed by atoms with Gasteiger partial charge in [-0.1, -0.05) is 12.8 Å². The van der Waals surface area contributed by atoms with Gasteiger partial charge >= 0.3 is 0 Å². The van der Waals surface area contributed by atoms with Gasteiger partial charge in [0.15, 0.2) is 5.96 Å². The molecule has 2 aliphatic rings. The summed E-state index contributed by atoms with van der Waals surface area (Å²) in [5, 5.41) is 7.76. The summed E-state index contributed by atoms with van der Waals surface area (Å²) >= 11 is 0. The Morgan fingerprint density at radius 3 is 2.85 bits per heavy atom. The normalized spacial score (nSPS) is 21.2. The quantitative estimate of drug-likeness (QED) is 0.285. The van der Waals surface area contributed by atoms with E-state index in [9.17, 15) is 0 Å². The van der Waals surface area contributed by atoms with Gasteiger partial charge in [0.25, 0.3) is 0 Å². The van der Waals surface area contributed by atoms with Crippen molar-refractivity contribution in [2.75, 3.05) is 32.8 Å². The summed E-state index contributed by atoms with van der Waals surface area (Å²) in [6, 6.07) is 0. The molecule has 1 aliphatic heterocycles. The Morgan fingerprint density at radius 2 is 2.15 bits per heavy atom. The van der Waals surface area contributed by atoms with Crippen molar-refractivity contribution in [3.63, 3.8) is 0 Å². The number of hydrogen-bond donors (Lipinski definition) is 1. The lowest BCUT2D eigenvalue weighted by atomic mass is 10.0. The van der Waals surface area contributed by atoms with Gasteiger partial charge < -0.3 is 15.0 Å². The molecule has 0 bridgehead atoms. The summed E-state index contributed by atoms with van der Waals surface area (Å²) in [4.78, 5) is 7.21. The number of guanidine groups is 1. The van der Waals surface area contributed by atoms with Crippen LogP contribution in [0.2, 0.25) is 0 Å². The van der Waals surface area contributed by atoms with E-state index in [2.05, 4.69) is 28.4 Å². The van der Waals surface area contributed by atoms with Crippen LogP contribution in [0.1, 0.15) is 56.9 Å². The largest absolute Gasteiger partial charge is 0.378 e. The highest BCUT2D eigenvalue weighted by Crippen LogP contribution is 2.26. The lowest BCUT2D eigenvalue weighted by molar-refractivity contribution is 0.0579. The van der Waals surface area contributed by atoms with Crippen LogP contribution in [0.5, 0.6) is 0 Å². The maximum absolute atomic E-state index is 5.93. The predicted octanol–water partition coefficient (Wildman–Crippen LogP) is 3.14. The molecule has 0 aromatic carbocycles. The summed E-state index contributed by atoms with van der Waals surface area (Å²) < 4.78 is 7.83. The summed E-state index contributed by atoms with van der Waals surface area (Å²) in [6.07, 6.45) is 12.0. The highest BCUT2D eigenvalue weighted by Gasteiger charge is 2.26.